The van der Waals surface area contributed by atoms with Crippen molar-refractivity contribution in [3.05, 3.63) is 35.6 Å². The van der Waals surface area contributed by atoms with Gasteiger partial charge in [0.05, 0.1) is 0 Å². The highest BCUT2D eigenvalue weighted by Gasteiger charge is 2.14. The fourth-order valence-corrected chi connectivity index (χ4v) is 2.97. The number of carbonyl (C=O) groups is 1. The summed E-state index contributed by atoms with van der Waals surface area (Å²) >= 11 is 0. The minimum absolute atomic E-state index is 0.155. The van der Waals surface area contributed by atoms with Crippen LogP contribution in [0.4, 0.5) is 9.18 Å². The van der Waals surface area contributed by atoms with E-state index in [4.69, 9.17) is 0 Å². The molecule has 1 aliphatic carbocycles. The summed E-state index contributed by atoms with van der Waals surface area (Å²) < 4.78 is 13.4. The highest BCUT2D eigenvalue weighted by Crippen LogP contribution is 2.28. The van der Waals surface area contributed by atoms with E-state index in [-0.39, 0.29) is 11.8 Å². The third kappa shape index (κ3) is 5.74. The lowest BCUT2D eigenvalue weighted by Gasteiger charge is -2.10. The lowest BCUT2D eigenvalue weighted by Crippen LogP contribution is -2.37. The Morgan fingerprint density at radius 1 is 1.14 bits per heavy atom. The first-order valence-electron chi connectivity index (χ1n) is 8.01. The van der Waals surface area contributed by atoms with E-state index in [0.29, 0.717) is 18.5 Å². The molecule has 21 heavy (non-hydrogen) atoms. The Balaban J connectivity index is 1.52. The summed E-state index contributed by atoms with van der Waals surface area (Å²) in [7, 11) is 0. The van der Waals surface area contributed by atoms with Crippen LogP contribution in [0, 0.1) is 11.7 Å². The van der Waals surface area contributed by atoms with E-state index >= 15 is 0 Å². The Bertz CT molecular complexity index is 444. The predicted molar refractivity (Wildman–Crippen MR) is 82.7 cm³/mol. The van der Waals surface area contributed by atoms with Crippen LogP contribution in [0.1, 0.15) is 44.1 Å². The highest BCUT2D eigenvalue weighted by atomic mass is 19.1. The summed E-state index contributed by atoms with van der Waals surface area (Å²) in [6.45, 7) is 1.18. The van der Waals surface area contributed by atoms with Crippen LogP contribution in [0.2, 0.25) is 0 Å². The van der Waals surface area contributed by atoms with E-state index in [9.17, 15) is 9.18 Å². The Hall–Kier alpha value is -1.58. The van der Waals surface area contributed by atoms with Crippen LogP contribution < -0.4 is 10.6 Å². The molecular weight excluding hydrogens is 267 g/mol. The second-order valence-electron chi connectivity index (χ2n) is 5.82. The quantitative estimate of drug-likeness (QED) is 0.740. The van der Waals surface area contributed by atoms with Crippen LogP contribution in [0.15, 0.2) is 24.3 Å². The van der Waals surface area contributed by atoms with Crippen molar-refractivity contribution < 1.29 is 9.18 Å². The molecule has 0 saturated heterocycles. The first-order chi connectivity index (χ1) is 10.3. The standard InChI is InChI=1S/C17H25FN2O/c18-16-10-4-3-9-15(16)11-13-20-17(21)19-12-5-8-14-6-1-2-7-14/h3-4,9-10,14H,1-2,5-8,11-13H2,(H2,19,20,21). The Morgan fingerprint density at radius 2 is 1.86 bits per heavy atom. The van der Waals surface area contributed by atoms with Gasteiger partial charge in [0.1, 0.15) is 5.82 Å². The van der Waals surface area contributed by atoms with Crippen LogP contribution in [-0.4, -0.2) is 19.1 Å². The molecule has 1 aromatic rings. The third-order valence-electron chi connectivity index (χ3n) is 4.19. The van der Waals surface area contributed by atoms with Crippen molar-refractivity contribution in [2.24, 2.45) is 5.92 Å². The molecule has 2 rings (SSSR count). The van der Waals surface area contributed by atoms with Crippen LogP contribution in [0.5, 0.6) is 0 Å². The molecule has 1 saturated carbocycles. The molecule has 0 unspecified atom stereocenters. The third-order valence-corrected chi connectivity index (χ3v) is 4.19. The summed E-state index contributed by atoms with van der Waals surface area (Å²) in [6, 6.07) is 6.51. The molecule has 1 fully saturated rings. The lowest BCUT2D eigenvalue weighted by molar-refractivity contribution is 0.240. The predicted octanol–water partition coefficient (Wildman–Crippen LogP) is 3.64. The van der Waals surface area contributed by atoms with E-state index in [1.165, 1.54) is 38.2 Å². The topological polar surface area (TPSA) is 41.1 Å². The van der Waals surface area contributed by atoms with Gasteiger partial charge in [-0.1, -0.05) is 43.9 Å². The van der Waals surface area contributed by atoms with Gasteiger partial charge in [-0.3, -0.25) is 0 Å². The van der Waals surface area contributed by atoms with Gasteiger partial charge in [-0.25, -0.2) is 9.18 Å². The average molecular weight is 292 g/mol. The molecule has 0 heterocycles. The molecule has 4 heteroatoms. The first-order valence-corrected chi connectivity index (χ1v) is 8.01. The molecule has 0 aromatic heterocycles. The number of hydrogen-bond acceptors (Lipinski definition) is 1. The molecule has 3 nitrogen and oxygen atoms in total. The zero-order chi connectivity index (χ0) is 14.9. The number of hydrogen-bond donors (Lipinski definition) is 2. The fraction of sp³-hybridized carbons (Fsp3) is 0.588. The summed E-state index contributed by atoms with van der Waals surface area (Å²) in [4.78, 5) is 11.6. The number of rotatable bonds is 7. The number of halogens is 1. The van der Waals surface area contributed by atoms with Crippen molar-refractivity contribution >= 4 is 6.03 Å². The minimum atomic E-state index is -0.212. The zero-order valence-electron chi connectivity index (χ0n) is 12.5. The fourth-order valence-electron chi connectivity index (χ4n) is 2.97. The molecule has 116 valence electrons. The summed E-state index contributed by atoms with van der Waals surface area (Å²) in [5.74, 6) is 0.659. The van der Waals surface area contributed by atoms with E-state index in [2.05, 4.69) is 10.6 Å². The van der Waals surface area contributed by atoms with Gasteiger partial charge in [-0.15, -0.1) is 0 Å². The van der Waals surface area contributed by atoms with Gasteiger partial charge in [0.15, 0.2) is 0 Å². The molecule has 0 radical (unpaired) electrons. The summed E-state index contributed by atoms with van der Waals surface area (Å²) in [5, 5.41) is 5.63. The molecule has 2 N–H and O–H groups in total. The molecule has 0 atom stereocenters. The SMILES string of the molecule is O=C(NCCCC1CCCC1)NCCc1ccccc1F. The van der Waals surface area contributed by atoms with Crippen molar-refractivity contribution in [3.8, 4) is 0 Å². The van der Waals surface area contributed by atoms with Crippen LogP contribution in [-0.2, 0) is 6.42 Å². The molecule has 2 amide bonds. The smallest absolute Gasteiger partial charge is 0.314 e. The largest absolute Gasteiger partial charge is 0.338 e. The van der Waals surface area contributed by atoms with E-state index in [1.54, 1.807) is 12.1 Å². The van der Waals surface area contributed by atoms with Gasteiger partial charge >= 0.3 is 6.03 Å². The Labute approximate surface area is 126 Å². The van der Waals surface area contributed by atoms with Gasteiger partial charge in [0.2, 0.25) is 0 Å². The number of urea groups is 1. The number of amides is 2. The maximum absolute atomic E-state index is 13.4. The van der Waals surface area contributed by atoms with Crippen LogP contribution in [0.25, 0.3) is 0 Å². The van der Waals surface area contributed by atoms with Crippen molar-refractivity contribution in [3.63, 3.8) is 0 Å². The highest BCUT2D eigenvalue weighted by molar-refractivity contribution is 5.73. The zero-order valence-corrected chi connectivity index (χ0v) is 12.5. The van der Waals surface area contributed by atoms with E-state index in [0.717, 1.165) is 18.9 Å². The molecule has 0 spiro atoms. The molecule has 0 aliphatic heterocycles. The molecular formula is C17H25FN2O. The summed E-state index contributed by atoms with van der Waals surface area (Å²) in [6.07, 6.45) is 8.23. The maximum Gasteiger partial charge on any atom is 0.314 e. The van der Waals surface area contributed by atoms with Crippen LogP contribution >= 0.6 is 0 Å². The van der Waals surface area contributed by atoms with Crippen LogP contribution in [0.3, 0.4) is 0 Å². The van der Waals surface area contributed by atoms with Gasteiger partial charge in [0.25, 0.3) is 0 Å². The summed E-state index contributed by atoms with van der Waals surface area (Å²) in [5.41, 5.74) is 0.638. The minimum Gasteiger partial charge on any atom is -0.338 e. The van der Waals surface area contributed by atoms with Gasteiger partial charge in [-0.05, 0) is 36.8 Å². The molecule has 1 aromatic carbocycles. The second kappa shape index (κ2) is 8.65. The van der Waals surface area contributed by atoms with Gasteiger partial charge < -0.3 is 10.6 Å². The Kier molecular flexibility index (Phi) is 6.51. The monoisotopic (exact) mass is 292 g/mol. The van der Waals surface area contributed by atoms with Crippen molar-refractivity contribution in [2.45, 2.75) is 44.9 Å². The first kappa shape index (κ1) is 15.8. The lowest BCUT2D eigenvalue weighted by atomic mass is 10.0. The van der Waals surface area contributed by atoms with E-state index in [1.807, 2.05) is 6.07 Å². The normalized spacial score (nSPS) is 15.1. The van der Waals surface area contributed by atoms with Crippen molar-refractivity contribution in [1.29, 1.82) is 0 Å². The Morgan fingerprint density at radius 3 is 2.62 bits per heavy atom. The molecule has 1 aliphatic rings. The number of benzene rings is 1. The number of nitrogens with one attached hydrogen (secondary N) is 2. The average Bonchev–Trinajstić information content (AvgIpc) is 2.99. The second-order valence-corrected chi connectivity index (χ2v) is 5.82. The maximum atomic E-state index is 13.4. The molecule has 0 bridgehead atoms. The van der Waals surface area contributed by atoms with Gasteiger partial charge in [0, 0.05) is 13.1 Å². The van der Waals surface area contributed by atoms with E-state index < -0.39 is 0 Å². The van der Waals surface area contributed by atoms with Crippen molar-refractivity contribution in [1.82, 2.24) is 10.6 Å². The van der Waals surface area contributed by atoms with Gasteiger partial charge in [-0.2, -0.15) is 0 Å². The van der Waals surface area contributed by atoms with Crippen molar-refractivity contribution in [2.75, 3.05) is 13.1 Å². The number of carbonyl (C=O) groups excluding carboxylic acids is 1.